The summed E-state index contributed by atoms with van der Waals surface area (Å²) in [6, 6.07) is 0.0654. The van der Waals surface area contributed by atoms with E-state index in [1.165, 1.54) is 25.7 Å². The van der Waals surface area contributed by atoms with Crippen LogP contribution in [-0.2, 0) is 4.79 Å². The van der Waals surface area contributed by atoms with Crippen LogP contribution in [-0.4, -0.2) is 36.5 Å². The van der Waals surface area contributed by atoms with Gasteiger partial charge in [-0.2, -0.15) is 0 Å². The average molecular weight is 270 g/mol. The molecule has 1 unspecified atom stereocenters. The first-order chi connectivity index (χ1) is 9.21. The van der Waals surface area contributed by atoms with Gasteiger partial charge in [-0.3, -0.25) is 9.69 Å². The number of unbranched alkanes of at least 4 members (excludes halogenated alkanes) is 4. The van der Waals surface area contributed by atoms with Crippen LogP contribution in [0.5, 0.6) is 0 Å². The van der Waals surface area contributed by atoms with Crippen LogP contribution in [0.1, 0.15) is 72.6 Å². The zero-order chi connectivity index (χ0) is 14.5. The van der Waals surface area contributed by atoms with Crippen molar-refractivity contribution in [1.82, 2.24) is 10.2 Å². The number of nitrogens with zero attached hydrogens (tertiary/aromatic N) is 1. The maximum Gasteiger partial charge on any atom is 0.237 e. The van der Waals surface area contributed by atoms with E-state index in [2.05, 4.69) is 37.9 Å². The van der Waals surface area contributed by atoms with Gasteiger partial charge in [-0.1, -0.05) is 59.8 Å². The topological polar surface area (TPSA) is 32.3 Å². The number of rotatable bonds is 12. The molecule has 19 heavy (non-hydrogen) atoms. The van der Waals surface area contributed by atoms with E-state index in [0.717, 1.165) is 38.9 Å². The van der Waals surface area contributed by atoms with Crippen molar-refractivity contribution in [3.8, 4) is 0 Å². The highest BCUT2D eigenvalue weighted by atomic mass is 16.2. The number of carbonyl (C=O) groups is 1. The van der Waals surface area contributed by atoms with Gasteiger partial charge in [-0.15, -0.1) is 0 Å². The molecule has 0 aromatic rings. The summed E-state index contributed by atoms with van der Waals surface area (Å²) >= 11 is 0. The van der Waals surface area contributed by atoms with Crippen LogP contribution < -0.4 is 5.32 Å². The lowest BCUT2D eigenvalue weighted by atomic mass is 10.1. The highest BCUT2D eigenvalue weighted by Crippen LogP contribution is 2.07. The normalized spacial score (nSPS) is 12.7. The standard InChI is InChI=1S/C16H34N2O/c1-5-9-10-11-12-14-17-16(19)15(13-6-2)18(7-3)8-4/h15H,5-14H2,1-4H3,(H,17,19). The molecule has 0 saturated carbocycles. The maximum atomic E-state index is 12.2. The molecule has 3 heteroatoms. The van der Waals surface area contributed by atoms with E-state index in [4.69, 9.17) is 0 Å². The molecular weight excluding hydrogens is 236 g/mol. The van der Waals surface area contributed by atoms with Gasteiger partial charge in [0.1, 0.15) is 0 Å². The molecule has 3 nitrogen and oxygen atoms in total. The molecule has 0 aliphatic carbocycles. The molecule has 0 aliphatic heterocycles. The summed E-state index contributed by atoms with van der Waals surface area (Å²) in [4.78, 5) is 14.5. The summed E-state index contributed by atoms with van der Waals surface area (Å²) in [7, 11) is 0. The fourth-order valence-corrected chi connectivity index (χ4v) is 2.48. The summed E-state index contributed by atoms with van der Waals surface area (Å²) in [5.41, 5.74) is 0. The van der Waals surface area contributed by atoms with Gasteiger partial charge in [0.25, 0.3) is 0 Å². The van der Waals surface area contributed by atoms with Crippen LogP contribution in [0.25, 0.3) is 0 Å². The second kappa shape index (κ2) is 12.5. The third kappa shape index (κ3) is 8.25. The van der Waals surface area contributed by atoms with Crippen LogP contribution in [0.2, 0.25) is 0 Å². The molecule has 0 aliphatic rings. The highest BCUT2D eigenvalue weighted by Gasteiger charge is 2.22. The number of carbonyl (C=O) groups excluding carboxylic acids is 1. The Morgan fingerprint density at radius 2 is 1.58 bits per heavy atom. The van der Waals surface area contributed by atoms with Crippen molar-refractivity contribution in [2.75, 3.05) is 19.6 Å². The van der Waals surface area contributed by atoms with Gasteiger partial charge in [-0.25, -0.2) is 0 Å². The van der Waals surface area contributed by atoms with Crippen LogP contribution >= 0.6 is 0 Å². The van der Waals surface area contributed by atoms with E-state index in [1.807, 2.05) is 0 Å². The second-order valence-electron chi connectivity index (χ2n) is 5.23. The molecule has 0 radical (unpaired) electrons. The molecule has 1 N–H and O–H groups in total. The first-order valence-corrected chi connectivity index (χ1v) is 8.22. The van der Waals surface area contributed by atoms with Crippen molar-refractivity contribution >= 4 is 5.91 Å². The smallest absolute Gasteiger partial charge is 0.237 e. The van der Waals surface area contributed by atoms with Gasteiger partial charge >= 0.3 is 0 Å². The molecule has 1 amide bonds. The van der Waals surface area contributed by atoms with Gasteiger partial charge in [-0.05, 0) is 25.9 Å². The molecule has 0 fully saturated rings. The van der Waals surface area contributed by atoms with Crippen molar-refractivity contribution in [2.24, 2.45) is 0 Å². The summed E-state index contributed by atoms with van der Waals surface area (Å²) in [6.07, 6.45) is 8.24. The fourth-order valence-electron chi connectivity index (χ4n) is 2.48. The van der Waals surface area contributed by atoms with E-state index in [9.17, 15) is 4.79 Å². The van der Waals surface area contributed by atoms with E-state index in [1.54, 1.807) is 0 Å². The molecule has 0 spiro atoms. The third-order valence-corrected chi connectivity index (χ3v) is 3.70. The van der Waals surface area contributed by atoms with Gasteiger partial charge in [0.2, 0.25) is 5.91 Å². The number of amides is 1. The Hall–Kier alpha value is -0.570. The zero-order valence-electron chi connectivity index (χ0n) is 13.5. The second-order valence-corrected chi connectivity index (χ2v) is 5.23. The summed E-state index contributed by atoms with van der Waals surface area (Å²) in [5, 5.41) is 3.11. The van der Waals surface area contributed by atoms with Crippen molar-refractivity contribution in [3.63, 3.8) is 0 Å². The largest absolute Gasteiger partial charge is 0.355 e. The molecule has 1 atom stereocenters. The number of likely N-dealkylation sites (N-methyl/N-ethyl adjacent to an activating group) is 1. The number of nitrogens with one attached hydrogen (secondary N) is 1. The monoisotopic (exact) mass is 270 g/mol. The Bertz CT molecular complexity index is 215. The number of hydrogen-bond donors (Lipinski definition) is 1. The predicted octanol–water partition coefficient (Wildman–Crippen LogP) is 3.58. The lowest BCUT2D eigenvalue weighted by Gasteiger charge is -2.28. The van der Waals surface area contributed by atoms with Crippen molar-refractivity contribution in [3.05, 3.63) is 0 Å². The third-order valence-electron chi connectivity index (χ3n) is 3.70. The molecule has 114 valence electrons. The van der Waals surface area contributed by atoms with Crippen molar-refractivity contribution in [1.29, 1.82) is 0 Å². The number of hydrogen-bond acceptors (Lipinski definition) is 2. The highest BCUT2D eigenvalue weighted by molar-refractivity contribution is 5.81. The molecule has 0 aromatic carbocycles. The lowest BCUT2D eigenvalue weighted by Crippen LogP contribution is -2.47. The van der Waals surface area contributed by atoms with Gasteiger partial charge in [0.05, 0.1) is 6.04 Å². The van der Waals surface area contributed by atoms with Crippen LogP contribution in [0.15, 0.2) is 0 Å². The first kappa shape index (κ1) is 18.4. The van der Waals surface area contributed by atoms with Crippen molar-refractivity contribution < 1.29 is 4.79 Å². The van der Waals surface area contributed by atoms with Gasteiger partial charge < -0.3 is 5.32 Å². The minimum atomic E-state index is 0.0654. The maximum absolute atomic E-state index is 12.2. The van der Waals surface area contributed by atoms with Gasteiger partial charge in [0.15, 0.2) is 0 Å². The Labute approximate surface area is 120 Å². The van der Waals surface area contributed by atoms with Crippen LogP contribution in [0.4, 0.5) is 0 Å². The summed E-state index contributed by atoms with van der Waals surface area (Å²) < 4.78 is 0. The van der Waals surface area contributed by atoms with Crippen LogP contribution in [0, 0.1) is 0 Å². The minimum Gasteiger partial charge on any atom is -0.355 e. The molecule has 0 aromatic heterocycles. The van der Waals surface area contributed by atoms with E-state index < -0.39 is 0 Å². The molecule has 0 rings (SSSR count). The molecule has 0 bridgehead atoms. The average Bonchev–Trinajstić information content (AvgIpc) is 2.42. The quantitative estimate of drug-likeness (QED) is 0.550. The Morgan fingerprint density at radius 1 is 0.947 bits per heavy atom. The SMILES string of the molecule is CCCCCCCNC(=O)C(CCC)N(CC)CC. The van der Waals surface area contributed by atoms with E-state index in [0.29, 0.717) is 0 Å². The van der Waals surface area contributed by atoms with Gasteiger partial charge in [0, 0.05) is 6.54 Å². The molecule has 0 saturated heterocycles. The van der Waals surface area contributed by atoms with E-state index in [-0.39, 0.29) is 11.9 Å². The zero-order valence-corrected chi connectivity index (χ0v) is 13.5. The first-order valence-electron chi connectivity index (χ1n) is 8.22. The Kier molecular flexibility index (Phi) is 12.1. The predicted molar refractivity (Wildman–Crippen MR) is 83.4 cm³/mol. The lowest BCUT2D eigenvalue weighted by molar-refractivity contribution is -0.126. The summed E-state index contributed by atoms with van der Waals surface area (Å²) in [6.45, 7) is 11.4. The Morgan fingerprint density at radius 3 is 2.11 bits per heavy atom. The molecule has 0 heterocycles. The summed E-state index contributed by atoms with van der Waals surface area (Å²) in [5.74, 6) is 0.223. The molecular formula is C16H34N2O. The fraction of sp³-hybridized carbons (Fsp3) is 0.938. The van der Waals surface area contributed by atoms with Crippen LogP contribution in [0.3, 0.4) is 0 Å². The van der Waals surface area contributed by atoms with E-state index >= 15 is 0 Å². The minimum absolute atomic E-state index is 0.0654. The van der Waals surface area contributed by atoms with Crippen molar-refractivity contribution in [2.45, 2.75) is 78.7 Å². The Balaban J connectivity index is 3.97.